The van der Waals surface area contributed by atoms with Gasteiger partial charge in [-0.3, -0.25) is 4.79 Å². The summed E-state index contributed by atoms with van der Waals surface area (Å²) < 4.78 is 0. The fourth-order valence-electron chi connectivity index (χ4n) is 3.09. The Bertz CT molecular complexity index is 494. The monoisotopic (exact) mass is 244 g/mol. The lowest BCUT2D eigenvalue weighted by Gasteiger charge is -2.26. The maximum atomic E-state index is 11.9. The van der Waals surface area contributed by atoms with E-state index in [1.807, 2.05) is 11.8 Å². The largest absolute Gasteiger partial charge is 0.328 e. The second-order valence-corrected chi connectivity index (χ2v) is 5.60. The van der Waals surface area contributed by atoms with Gasteiger partial charge in [-0.2, -0.15) is 0 Å². The van der Waals surface area contributed by atoms with E-state index >= 15 is 0 Å². The van der Waals surface area contributed by atoms with Crippen LogP contribution in [0.3, 0.4) is 0 Å². The van der Waals surface area contributed by atoms with Crippen LogP contribution < -0.4 is 10.6 Å². The van der Waals surface area contributed by atoms with Gasteiger partial charge in [0, 0.05) is 12.6 Å². The van der Waals surface area contributed by atoms with Crippen LogP contribution in [0.4, 0.5) is 5.69 Å². The zero-order valence-corrected chi connectivity index (χ0v) is 10.9. The number of hydrogen-bond donors (Lipinski definition) is 1. The lowest BCUT2D eigenvalue weighted by atomic mass is 9.94. The van der Waals surface area contributed by atoms with Crippen LogP contribution in [0.15, 0.2) is 12.1 Å². The molecule has 3 nitrogen and oxygen atoms in total. The molecule has 1 amide bonds. The summed E-state index contributed by atoms with van der Waals surface area (Å²) in [6.07, 6.45) is 4.82. The van der Waals surface area contributed by atoms with Gasteiger partial charge in [0.05, 0.1) is 12.1 Å². The lowest BCUT2D eigenvalue weighted by molar-refractivity contribution is -0.117. The van der Waals surface area contributed by atoms with E-state index in [0.717, 1.165) is 32.2 Å². The molecule has 1 unspecified atom stereocenters. The van der Waals surface area contributed by atoms with Crippen LogP contribution in [0.2, 0.25) is 0 Å². The average Bonchev–Trinajstić information content (AvgIpc) is 2.66. The number of anilines is 1. The van der Waals surface area contributed by atoms with Crippen molar-refractivity contribution in [3.05, 3.63) is 28.8 Å². The third-order valence-electron chi connectivity index (χ3n) is 3.96. The smallest absolute Gasteiger partial charge is 0.231 e. The number of aryl methyl sites for hydroxylation is 2. The number of nitrogens with two attached hydrogens (primary N) is 1. The number of benzene rings is 1. The van der Waals surface area contributed by atoms with E-state index < -0.39 is 0 Å². The van der Waals surface area contributed by atoms with Crippen molar-refractivity contribution in [3.8, 4) is 0 Å². The van der Waals surface area contributed by atoms with Gasteiger partial charge in [-0.25, -0.2) is 0 Å². The van der Waals surface area contributed by atoms with Crippen molar-refractivity contribution in [1.82, 2.24) is 0 Å². The van der Waals surface area contributed by atoms with Crippen molar-refractivity contribution in [2.75, 3.05) is 11.4 Å². The summed E-state index contributed by atoms with van der Waals surface area (Å²) in [6.45, 7) is 2.95. The summed E-state index contributed by atoms with van der Waals surface area (Å²) in [5.41, 5.74) is 11.0. The Kier molecular flexibility index (Phi) is 2.86. The lowest BCUT2D eigenvalue weighted by Crippen LogP contribution is -2.31. The highest BCUT2D eigenvalue weighted by Crippen LogP contribution is 2.37. The van der Waals surface area contributed by atoms with Crippen LogP contribution in [-0.2, 0) is 24.1 Å². The number of rotatable bonds is 3. The van der Waals surface area contributed by atoms with Crippen molar-refractivity contribution in [2.45, 2.75) is 45.1 Å². The van der Waals surface area contributed by atoms with Crippen molar-refractivity contribution in [1.29, 1.82) is 0 Å². The predicted molar refractivity (Wildman–Crippen MR) is 72.8 cm³/mol. The van der Waals surface area contributed by atoms with Gasteiger partial charge in [0.2, 0.25) is 5.91 Å². The fourth-order valence-corrected chi connectivity index (χ4v) is 3.09. The Balaban J connectivity index is 1.93. The number of carbonyl (C=O) groups excluding carboxylic acids is 1. The number of hydrogen-bond acceptors (Lipinski definition) is 2. The fraction of sp³-hybridized carbons (Fsp3) is 0.533. The molecule has 2 N–H and O–H groups in total. The minimum absolute atomic E-state index is 0.243. The first kappa shape index (κ1) is 11.7. The van der Waals surface area contributed by atoms with Crippen molar-refractivity contribution in [2.24, 2.45) is 5.73 Å². The van der Waals surface area contributed by atoms with E-state index in [-0.39, 0.29) is 11.9 Å². The summed E-state index contributed by atoms with van der Waals surface area (Å²) in [6, 6.07) is 4.74. The zero-order chi connectivity index (χ0) is 12.7. The van der Waals surface area contributed by atoms with Gasteiger partial charge in [-0.05, 0) is 49.3 Å². The molecule has 0 saturated carbocycles. The summed E-state index contributed by atoms with van der Waals surface area (Å²) >= 11 is 0. The minimum atomic E-state index is 0.243. The van der Waals surface area contributed by atoms with Crippen LogP contribution >= 0.6 is 0 Å². The first-order valence-corrected chi connectivity index (χ1v) is 6.86. The Hall–Kier alpha value is -1.35. The molecule has 3 rings (SSSR count). The van der Waals surface area contributed by atoms with Crippen LogP contribution in [0.25, 0.3) is 0 Å². The Morgan fingerprint density at radius 3 is 2.94 bits per heavy atom. The quantitative estimate of drug-likeness (QED) is 0.881. The molecule has 18 heavy (non-hydrogen) atoms. The first-order chi connectivity index (χ1) is 8.65. The number of nitrogens with zero attached hydrogens (tertiary/aromatic N) is 1. The van der Waals surface area contributed by atoms with Gasteiger partial charge < -0.3 is 10.6 Å². The van der Waals surface area contributed by atoms with Crippen LogP contribution in [0, 0.1) is 0 Å². The topological polar surface area (TPSA) is 46.3 Å². The Morgan fingerprint density at radius 1 is 1.39 bits per heavy atom. The van der Waals surface area contributed by atoms with Crippen LogP contribution in [0.5, 0.6) is 0 Å². The average molecular weight is 244 g/mol. The SMILES string of the molecule is CC(N)CCc1cc2c3c(c1)CC(=O)N3CCC2. The second-order valence-electron chi connectivity index (χ2n) is 5.60. The zero-order valence-electron chi connectivity index (χ0n) is 10.9. The van der Waals surface area contributed by atoms with Gasteiger partial charge in [0.25, 0.3) is 0 Å². The second kappa shape index (κ2) is 4.39. The van der Waals surface area contributed by atoms with Gasteiger partial charge in [0.15, 0.2) is 0 Å². The first-order valence-electron chi connectivity index (χ1n) is 6.86. The van der Waals surface area contributed by atoms with Crippen molar-refractivity contribution < 1.29 is 4.79 Å². The molecular formula is C15H20N2O. The third kappa shape index (κ3) is 1.93. The van der Waals surface area contributed by atoms with E-state index in [1.165, 1.54) is 22.4 Å². The van der Waals surface area contributed by atoms with Crippen LogP contribution in [-0.4, -0.2) is 18.5 Å². The van der Waals surface area contributed by atoms with Crippen molar-refractivity contribution in [3.63, 3.8) is 0 Å². The minimum Gasteiger partial charge on any atom is -0.328 e. The molecule has 0 radical (unpaired) electrons. The van der Waals surface area contributed by atoms with E-state index in [4.69, 9.17) is 5.73 Å². The molecule has 0 saturated heterocycles. The van der Waals surface area contributed by atoms with Gasteiger partial charge in [-0.1, -0.05) is 12.1 Å². The molecule has 1 aromatic carbocycles. The Morgan fingerprint density at radius 2 is 2.17 bits per heavy atom. The van der Waals surface area contributed by atoms with E-state index in [9.17, 15) is 4.79 Å². The van der Waals surface area contributed by atoms with E-state index in [1.54, 1.807) is 0 Å². The maximum Gasteiger partial charge on any atom is 0.231 e. The summed E-state index contributed by atoms with van der Waals surface area (Å²) in [4.78, 5) is 13.9. The van der Waals surface area contributed by atoms with Crippen molar-refractivity contribution >= 4 is 11.6 Å². The maximum absolute atomic E-state index is 11.9. The highest BCUT2D eigenvalue weighted by molar-refractivity contribution is 6.02. The molecule has 1 aromatic rings. The standard InChI is InChI=1S/C15H20N2O/c1-10(16)4-5-11-7-12-3-2-6-17-14(18)9-13(8-11)15(12)17/h7-8,10H,2-6,9,16H2,1H3. The summed E-state index contributed by atoms with van der Waals surface area (Å²) in [5.74, 6) is 0.273. The Labute approximate surface area is 108 Å². The number of carbonyl (C=O) groups is 1. The predicted octanol–water partition coefficient (Wildman–Crippen LogP) is 1.80. The molecular weight excluding hydrogens is 224 g/mol. The summed E-state index contributed by atoms with van der Waals surface area (Å²) in [7, 11) is 0. The van der Waals surface area contributed by atoms with Gasteiger partial charge in [-0.15, -0.1) is 0 Å². The molecule has 1 atom stereocenters. The molecule has 0 fully saturated rings. The normalized spacial score (nSPS) is 19.0. The molecule has 0 bridgehead atoms. The number of amides is 1. The molecule has 2 heterocycles. The van der Waals surface area contributed by atoms with E-state index in [2.05, 4.69) is 12.1 Å². The highest BCUT2D eigenvalue weighted by Gasteiger charge is 2.32. The molecule has 96 valence electrons. The molecule has 0 aromatic heterocycles. The molecule has 0 spiro atoms. The van der Waals surface area contributed by atoms with Crippen LogP contribution in [0.1, 0.15) is 36.5 Å². The molecule has 3 heteroatoms. The highest BCUT2D eigenvalue weighted by atomic mass is 16.2. The van der Waals surface area contributed by atoms with E-state index in [0.29, 0.717) is 6.42 Å². The van der Waals surface area contributed by atoms with Gasteiger partial charge >= 0.3 is 0 Å². The summed E-state index contributed by atoms with van der Waals surface area (Å²) in [5, 5.41) is 0. The third-order valence-corrected chi connectivity index (χ3v) is 3.96. The molecule has 2 aliphatic heterocycles. The molecule has 2 aliphatic rings. The molecule has 0 aliphatic carbocycles. The van der Waals surface area contributed by atoms with Gasteiger partial charge in [0.1, 0.15) is 0 Å².